The number of nitrogens with zero attached hydrogens (tertiary/aromatic N) is 1. The lowest BCUT2D eigenvalue weighted by Gasteiger charge is -2.12. The van der Waals surface area contributed by atoms with Crippen molar-refractivity contribution in [1.29, 1.82) is 0 Å². The van der Waals surface area contributed by atoms with Crippen LogP contribution in [0.2, 0.25) is 0 Å². The molecule has 162 valence electrons. The van der Waals surface area contributed by atoms with E-state index in [9.17, 15) is 9.59 Å². The number of fused-ring (bicyclic) bond motifs is 1. The van der Waals surface area contributed by atoms with Gasteiger partial charge in [-0.2, -0.15) is 0 Å². The number of hydrogen-bond donors (Lipinski definition) is 3. The Labute approximate surface area is 185 Å². The fourth-order valence-electron chi connectivity index (χ4n) is 3.47. The van der Waals surface area contributed by atoms with E-state index in [1.165, 1.54) is 4.70 Å². The van der Waals surface area contributed by atoms with Crippen LogP contribution in [0.15, 0.2) is 48.5 Å². The summed E-state index contributed by atoms with van der Waals surface area (Å²) in [5, 5.41) is 9.56. The number of anilines is 2. The lowest BCUT2D eigenvalue weighted by atomic mass is 10.2. The number of ether oxygens (including phenoxy) is 1. The van der Waals surface area contributed by atoms with Gasteiger partial charge in [0, 0.05) is 30.9 Å². The maximum Gasteiger partial charge on any atom is 0.319 e. The van der Waals surface area contributed by atoms with Crippen LogP contribution in [0.25, 0.3) is 10.2 Å². The van der Waals surface area contributed by atoms with Gasteiger partial charge >= 0.3 is 6.03 Å². The minimum absolute atomic E-state index is 0.0314. The largest absolute Gasteiger partial charge is 0.376 e. The van der Waals surface area contributed by atoms with Gasteiger partial charge in [0.2, 0.25) is 5.91 Å². The number of carbonyl (C=O) groups is 2. The molecule has 0 radical (unpaired) electrons. The number of aryl methyl sites for hydroxylation is 1. The van der Waals surface area contributed by atoms with E-state index in [-0.39, 0.29) is 18.0 Å². The molecule has 8 heteroatoms. The molecule has 1 aliphatic heterocycles. The van der Waals surface area contributed by atoms with E-state index in [1.807, 2.05) is 18.2 Å². The minimum atomic E-state index is -0.262. The van der Waals surface area contributed by atoms with Gasteiger partial charge in [0.15, 0.2) is 0 Å². The van der Waals surface area contributed by atoms with E-state index >= 15 is 0 Å². The van der Waals surface area contributed by atoms with Crippen LogP contribution in [-0.2, 0) is 16.0 Å². The molecule has 0 aliphatic carbocycles. The van der Waals surface area contributed by atoms with Gasteiger partial charge in [-0.05, 0) is 62.1 Å². The topological polar surface area (TPSA) is 92.4 Å². The van der Waals surface area contributed by atoms with Crippen molar-refractivity contribution in [3.63, 3.8) is 0 Å². The van der Waals surface area contributed by atoms with Crippen LogP contribution in [0.5, 0.6) is 0 Å². The van der Waals surface area contributed by atoms with Crippen LogP contribution in [-0.4, -0.2) is 36.2 Å². The summed E-state index contributed by atoms with van der Waals surface area (Å²) in [5.41, 5.74) is 2.38. The molecule has 0 bridgehead atoms. The van der Waals surface area contributed by atoms with E-state index in [0.29, 0.717) is 24.3 Å². The first-order valence-electron chi connectivity index (χ1n) is 10.6. The molecular formula is C23H26N4O3S. The molecular weight excluding hydrogens is 412 g/mol. The zero-order chi connectivity index (χ0) is 21.5. The zero-order valence-corrected chi connectivity index (χ0v) is 18.0. The summed E-state index contributed by atoms with van der Waals surface area (Å²) in [5.74, 6) is -0.0314. The van der Waals surface area contributed by atoms with Crippen molar-refractivity contribution in [2.24, 2.45) is 0 Å². The molecule has 4 rings (SSSR count). The van der Waals surface area contributed by atoms with Gasteiger partial charge in [-0.15, -0.1) is 11.3 Å². The molecule has 1 unspecified atom stereocenters. The Balaban J connectivity index is 1.17. The van der Waals surface area contributed by atoms with Gasteiger partial charge in [-0.3, -0.25) is 4.79 Å². The highest BCUT2D eigenvalue weighted by molar-refractivity contribution is 7.18. The Bertz CT molecular complexity index is 996. The number of hydrogen-bond acceptors (Lipinski definition) is 5. The van der Waals surface area contributed by atoms with Crippen molar-refractivity contribution in [3.8, 4) is 0 Å². The average molecular weight is 439 g/mol. The van der Waals surface area contributed by atoms with Crippen molar-refractivity contribution in [1.82, 2.24) is 10.3 Å². The van der Waals surface area contributed by atoms with Crippen LogP contribution in [0, 0.1) is 0 Å². The number of para-hydroxylation sites is 1. The Morgan fingerprint density at radius 3 is 2.58 bits per heavy atom. The van der Waals surface area contributed by atoms with Gasteiger partial charge in [0.1, 0.15) is 0 Å². The van der Waals surface area contributed by atoms with E-state index < -0.39 is 0 Å². The van der Waals surface area contributed by atoms with Gasteiger partial charge in [0.05, 0.1) is 21.3 Å². The lowest BCUT2D eigenvalue weighted by molar-refractivity contribution is -0.116. The molecule has 1 saturated heterocycles. The van der Waals surface area contributed by atoms with Crippen LogP contribution in [0.4, 0.5) is 16.2 Å². The zero-order valence-electron chi connectivity index (χ0n) is 17.2. The number of rotatable bonds is 8. The summed E-state index contributed by atoms with van der Waals surface area (Å²) in [6.07, 6.45) is 4.10. The molecule has 3 N–H and O–H groups in total. The van der Waals surface area contributed by atoms with E-state index in [2.05, 4.69) is 27.0 Å². The summed E-state index contributed by atoms with van der Waals surface area (Å²) in [4.78, 5) is 28.8. The first-order chi connectivity index (χ1) is 15.2. The van der Waals surface area contributed by atoms with Gasteiger partial charge < -0.3 is 20.7 Å². The number of urea groups is 1. The highest BCUT2D eigenvalue weighted by Crippen LogP contribution is 2.23. The molecule has 31 heavy (non-hydrogen) atoms. The molecule has 1 fully saturated rings. The van der Waals surface area contributed by atoms with Gasteiger partial charge in [-0.1, -0.05) is 12.1 Å². The fraction of sp³-hybridized carbons (Fsp3) is 0.348. The molecule has 3 amide bonds. The maximum absolute atomic E-state index is 12.2. The monoisotopic (exact) mass is 438 g/mol. The summed E-state index contributed by atoms with van der Waals surface area (Å²) >= 11 is 1.68. The summed E-state index contributed by atoms with van der Waals surface area (Å²) < 4.78 is 6.66. The number of carbonyl (C=O) groups excluding carboxylic acids is 2. The summed E-state index contributed by atoms with van der Waals surface area (Å²) in [6, 6.07) is 14.9. The van der Waals surface area contributed by atoms with Crippen molar-refractivity contribution in [2.75, 3.05) is 23.8 Å². The highest BCUT2D eigenvalue weighted by atomic mass is 32.1. The highest BCUT2D eigenvalue weighted by Gasteiger charge is 2.16. The van der Waals surface area contributed by atoms with Crippen molar-refractivity contribution in [2.45, 2.75) is 38.2 Å². The van der Waals surface area contributed by atoms with Crippen LogP contribution in [0.3, 0.4) is 0 Å². The SMILES string of the molecule is O=C(CCCc1nc2ccccc2s1)Nc1ccc(NC(=O)NCC2CCCO2)cc1. The molecule has 1 aromatic heterocycles. The first kappa shape index (κ1) is 21.3. The molecule has 1 aliphatic rings. The van der Waals surface area contributed by atoms with E-state index in [1.54, 1.807) is 35.6 Å². The molecule has 2 aromatic carbocycles. The van der Waals surface area contributed by atoms with Gasteiger partial charge in [-0.25, -0.2) is 9.78 Å². The molecule has 0 saturated carbocycles. The molecule has 0 spiro atoms. The average Bonchev–Trinajstić information content (AvgIpc) is 3.43. The predicted octanol–water partition coefficient (Wildman–Crippen LogP) is 4.56. The van der Waals surface area contributed by atoms with Crippen molar-refractivity contribution in [3.05, 3.63) is 53.5 Å². The molecule has 1 atom stereocenters. The number of nitrogens with one attached hydrogen (secondary N) is 3. The predicted molar refractivity (Wildman–Crippen MR) is 124 cm³/mol. The third kappa shape index (κ3) is 6.26. The van der Waals surface area contributed by atoms with Crippen LogP contribution >= 0.6 is 11.3 Å². The Kier molecular flexibility index (Phi) is 7.11. The number of benzene rings is 2. The van der Waals surface area contributed by atoms with Crippen molar-refractivity contribution >= 4 is 44.9 Å². The summed E-state index contributed by atoms with van der Waals surface area (Å²) in [7, 11) is 0. The third-order valence-corrected chi connectivity index (χ3v) is 6.17. The second-order valence-corrected chi connectivity index (χ2v) is 8.64. The quantitative estimate of drug-likeness (QED) is 0.481. The number of amides is 3. The second kappa shape index (κ2) is 10.4. The maximum atomic E-state index is 12.2. The second-order valence-electron chi connectivity index (χ2n) is 7.52. The Morgan fingerprint density at radius 1 is 1.06 bits per heavy atom. The normalized spacial score (nSPS) is 15.7. The van der Waals surface area contributed by atoms with E-state index in [0.717, 1.165) is 42.8 Å². The molecule has 3 aromatic rings. The Morgan fingerprint density at radius 2 is 1.84 bits per heavy atom. The Hall–Kier alpha value is -2.97. The molecule has 7 nitrogen and oxygen atoms in total. The van der Waals surface area contributed by atoms with Crippen LogP contribution < -0.4 is 16.0 Å². The fourth-order valence-corrected chi connectivity index (χ4v) is 4.48. The first-order valence-corrected chi connectivity index (χ1v) is 11.4. The number of thiazole rings is 1. The third-order valence-electron chi connectivity index (χ3n) is 5.07. The molecule has 2 heterocycles. The smallest absolute Gasteiger partial charge is 0.319 e. The van der Waals surface area contributed by atoms with Gasteiger partial charge in [0.25, 0.3) is 0 Å². The standard InChI is InChI=1S/C23H26N4O3S/c28-21(8-3-9-22-27-19-6-1-2-7-20(19)31-22)25-16-10-12-17(13-11-16)26-23(29)24-15-18-5-4-14-30-18/h1-2,6-7,10-13,18H,3-5,8-9,14-15H2,(H,25,28)(H2,24,26,29). The van der Waals surface area contributed by atoms with E-state index in [4.69, 9.17) is 4.74 Å². The number of aromatic nitrogens is 1. The minimum Gasteiger partial charge on any atom is -0.376 e. The lowest BCUT2D eigenvalue weighted by Crippen LogP contribution is -2.35. The van der Waals surface area contributed by atoms with Crippen LogP contribution in [0.1, 0.15) is 30.7 Å². The summed E-state index contributed by atoms with van der Waals surface area (Å²) in [6.45, 7) is 1.28. The van der Waals surface area contributed by atoms with Crippen molar-refractivity contribution < 1.29 is 14.3 Å².